The van der Waals surface area contributed by atoms with Crippen molar-refractivity contribution in [1.82, 2.24) is 24.2 Å². The van der Waals surface area contributed by atoms with Crippen LogP contribution in [0.1, 0.15) is 18.4 Å². The second-order valence-electron chi connectivity index (χ2n) is 10.9. The average molecular weight is 553 g/mol. The van der Waals surface area contributed by atoms with Gasteiger partial charge in [0.2, 0.25) is 5.95 Å². The van der Waals surface area contributed by atoms with Crippen molar-refractivity contribution < 1.29 is 9.53 Å². The maximum atomic E-state index is 13.6. The number of nitrogens with one attached hydrogen (secondary N) is 1. The van der Waals surface area contributed by atoms with E-state index in [-0.39, 0.29) is 18.1 Å². The number of aromatic nitrogens is 4. The molecule has 41 heavy (non-hydrogen) atoms. The molecule has 210 valence electrons. The summed E-state index contributed by atoms with van der Waals surface area (Å²) in [5.74, 6) is 0.980. The van der Waals surface area contributed by atoms with Crippen LogP contribution in [0, 0.1) is 0 Å². The third kappa shape index (κ3) is 4.51. The van der Waals surface area contributed by atoms with Gasteiger partial charge in [0.05, 0.1) is 17.9 Å². The van der Waals surface area contributed by atoms with Gasteiger partial charge in [0.1, 0.15) is 11.1 Å². The topological polar surface area (TPSA) is 101 Å². The molecule has 0 saturated heterocycles. The van der Waals surface area contributed by atoms with Crippen molar-refractivity contribution in [2.75, 3.05) is 55.5 Å². The largest absolute Gasteiger partial charge is 0.482 e. The van der Waals surface area contributed by atoms with Crippen molar-refractivity contribution in [3.05, 3.63) is 70.7 Å². The summed E-state index contributed by atoms with van der Waals surface area (Å²) < 4.78 is 9.20. The summed E-state index contributed by atoms with van der Waals surface area (Å²) in [7, 11) is 4.25. The van der Waals surface area contributed by atoms with E-state index in [4.69, 9.17) is 9.72 Å². The van der Waals surface area contributed by atoms with Crippen LogP contribution in [0.4, 0.5) is 23.0 Å². The third-order valence-electron chi connectivity index (χ3n) is 8.01. The molecule has 4 aromatic rings. The van der Waals surface area contributed by atoms with Gasteiger partial charge in [-0.3, -0.25) is 9.59 Å². The van der Waals surface area contributed by atoms with E-state index >= 15 is 0 Å². The van der Waals surface area contributed by atoms with Crippen LogP contribution in [-0.2, 0) is 17.9 Å². The quantitative estimate of drug-likeness (QED) is 0.378. The van der Waals surface area contributed by atoms with E-state index in [1.54, 1.807) is 15.8 Å². The number of benzene rings is 2. The summed E-state index contributed by atoms with van der Waals surface area (Å²) in [4.78, 5) is 42.0. The number of rotatable bonds is 2. The fourth-order valence-corrected chi connectivity index (χ4v) is 5.85. The molecule has 7 rings (SSSR count). The Labute approximate surface area is 237 Å². The number of fused-ring (bicyclic) bond motifs is 6. The van der Waals surface area contributed by atoms with Gasteiger partial charge in [0.25, 0.3) is 11.5 Å². The molecule has 11 nitrogen and oxygen atoms in total. The minimum atomic E-state index is -0.175. The van der Waals surface area contributed by atoms with Crippen LogP contribution in [0.25, 0.3) is 16.7 Å². The highest BCUT2D eigenvalue weighted by molar-refractivity contribution is 5.98. The fraction of sp³-hybridized carbons (Fsp3) is 0.333. The molecule has 2 aromatic carbocycles. The van der Waals surface area contributed by atoms with Gasteiger partial charge in [0.15, 0.2) is 12.3 Å². The SMILES string of the molecule is CN1CCN(C)c2ccc(Nc3ncc4c(=O)n5n(c4n3)-c3ccc4c(c3)N(CCC/C=C\C5)C(=O)CO4)cc2C1. The second kappa shape index (κ2) is 10.1. The zero-order valence-electron chi connectivity index (χ0n) is 23.2. The molecule has 5 heterocycles. The molecule has 0 fully saturated rings. The lowest BCUT2D eigenvalue weighted by molar-refractivity contribution is -0.121. The van der Waals surface area contributed by atoms with Gasteiger partial charge in [-0.25, -0.2) is 14.3 Å². The van der Waals surface area contributed by atoms with E-state index < -0.39 is 0 Å². The van der Waals surface area contributed by atoms with E-state index in [9.17, 15) is 9.59 Å². The molecule has 2 bridgehead atoms. The van der Waals surface area contributed by atoms with E-state index in [1.165, 1.54) is 11.3 Å². The van der Waals surface area contributed by atoms with E-state index in [0.717, 1.165) is 38.2 Å². The Hall–Kier alpha value is -4.64. The Morgan fingerprint density at radius 1 is 0.976 bits per heavy atom. The van der Waals surface area contributed by atoms with E-state index in [0.29, 0.717) is 47.2 Å². The van der Waals surface area contributed by atoms with Crippen LogP contribution in [0.3, 0.4) is 0 Å². The Kier molecular flexibility index (Phi) is 6.23. The van der Waals surface area contributed by atoms with Crippen molar-refractivity contribution >= 4 is 40.0 Å². The number of amides is 1. The fourth-order valence-electron chi connectivity index (χ4n) is 5.85. The summed E-state index contributed by atoms with van der Waals surface area (Å²) >= 11 is 0. The Balaban J connectivity index is 1.33. The Morgan fingerprint density at radius 2 is 1.88 bits per heavy atom. The molecular weight excluding hydrogens is 520 g/mol. The predicted molar refractivity (Wildman–Crippen MR) is 159 cm³/mol. The first kappa shape index (κ1) is 25.3. The summed E-state index contributed by atoms with van der Waals surface area (Å²) in [5, 5.41) is 3.78. The van der Waals surface area contributed by atoms with Gasteiger partial charge < -0.3 is 24.8 Å². The molecule has 0 aliphatic carbocycles. The van der Waals surface area contributed by atoms with Crippen molar-refractivity contribution in [3.63, 3.8) is 0 Å². The van der Waals surface area contributed by atoms with E-state index in [1.807, 2.05) is 35.0 Å². The number of likely N-dealkylation sites (N-methyl/N-ethyl adjacent to an activating group) is 2. The number of nitrogens with zero attached hydrogens (tertiary/aromatic N) is 7. The molecule has 0 spiro atoms. The Bertz CT molecular complexity index is 1760. The first-order valence-electron chi connectivity index (χ1n) is 14.0. The lowest BCUT2D eigenvalue weighted by atomic mass is 10.1. The zero-order valence-corrected chi connectivity index (χ0v) is 23.2. The number of allylic oxidation sites excluding steroid dienone is 2. The molecule has 1 amide bonds. The number of ether oxygens (including phenoxy) is 1. The van der Waals surface area contributed by atoms with Crippen LogP contribution < -0.4 is 25.4 Å². The van der Waals surface area contributed by atoms with Gasteiger partial charge in [-0.15, -0.1) is 0 Å². The van der Waals surface area contributed by atoms with Crippen LogP contribution in [-0.4, -0.2) is 70.5 Å². The summed E-state index contributed by atoms with van der Waals surface area (Å²) in [6.07, 6.45) is 7.26. The molecule has 0 radical (unpaired) electrons. The van der Waals surface area contributed by atoms with Crippen LogP contribution in [0.5, 0.6) is 5.75 Å². The number of hydrogen-bond acceptors (Lipinski definition) is 8. The predicted octanol–water partition coefficient (Wildman–Crippen LogP) is 3.28. The number of carbonyl (C=O) groups is 1. The summed E-state index contributed by atoms with van der Waals surface area (Å²) in [6.45, 7) is 3.84. The van der Waals surface area contributed by atoms with Crippen LogP contribution in [0.15, 0.2) is 59.5 Å². The molecule has 3 aliphatic heterocycles. The minimum absolute atomic E-state index is 0.0247. The third-order valence-corrected chi connectivity index (χ3v) is 8.01. The van der Waals surface area contributed by atoms with Crippen LogP contribution in [0.2, 0.25) is 0 Å². The molecule has 1 N–H and O–H groups in total. The molecule has 0 atom stereocenters. The summed E-state index contributed by atoms with van der Waals surface area (Å²) in [5.41, 5.74) is 5.06. The lowest BCUT2D eigenvalue weighted by Gasteiger charge is -2.30. The molecule has 2 aromatic heterocycles. The summed E-state index contributed by atoms with van der Waals surface area (Å²) in [6, 6.07) is 12.0. The average Bonchev–Trinajstić information content (AvgIpc) is 3.14. The monoisotopic (exact) mass is 552 g/mol. The second-order valence-corrected chi connectivity index (χ2v) is 10.9. The van der Waals surface area contributed by atoms with Gasteiger partial charge in [-0.2, -0.15) is 4.98 Å². The highest BCUT2D eigenvalue weighted by Crippen LogP contribution is 2.35. The van der Waals surface area contributed by atoms with Gasteiger partial charge >= 0.3 is 0 Å². The molecule has 0 saturated carbocycles. The minimum Gasteiger partial charge on any atom is -0.482 e. The molecule has 0 unspecified atom stereocenters. The van der Waals surface area contributed by atoms with E-state index in [2.05, 4.69) is 52.4 Å². The van der Waals surface area contributed by atoms with Crippen molar-refractivity contribution in [1.29, 1.82) is 0 Å². The Morgan fingerprint density at radius 3 is 2.78 bits per heavy atom. The van der Waals surface area contributed by atoms with Gasteiger partial charge in [0, 0.05) is 50.8 Å². The van der Waals surface area contributed by atoms with Crippen LogP contribution >= 0.6 is 0 Å². The van der Waals surface area contributed by atoms with Crippen molar-refractivity contribution in [2.24, 2.45) is 0 Å². The number of carbonyl (C=O) groups excluding carboxylic acids is 1. The molecular formula is C30H32N8O3. The molecule has 11 heteroatoms. The first-order chi connectivity index (χ1) is 20.0. The maximum Gasteiger partial charge on any atom is 0.278 e. The first-order valence-corrected chi connectivity index (χ1v) is 14.0. The highest BCUT2D eigenvalue weighted by atomic mass is 16.5. The van der Waals surface area contributed by atoms with Gasteiger partial charge in [-0.05, 0) is 61.9 Å². The number of anilines is 4. The molecule has 3 aliphatic rings. The lowest BCUT2D eigenvalue weighted by Crippen LogP contribution is -2.39. The normalized spacial score (nSPS) is 18.0. The maximum absolute atomic E-state index is 13.6. The van der Waals surface area contributed by atoms with Crippen molar-refractivity contribution in [3.8, 4) is 11.4 Å². The smallest absolute Gasteiger partial charge is 0.278 e. The number of hydrogen-bond donors (Lipinski definition) is 1. The zero-order chi connectivity index (χ0) is 28.1. The standard InChI is InChI=1S/C30H32N8O3/c1-34-13-14-35(2)24-9-7-21(15-20(24)18-34)32-30-31-17-23-28(33-30)38-22-8-10-26-25(16-22)36(27(39)19-41-26)11-5-3-4-6-12-37(38)29(23)40/h4,6-10,15-17H,3,5,11-14,18-19H2,1-2H3,(H,31,32,33)/b6-4-. The van der Waals surface area contributed by atoms with Gasteiger partial charge in [-0.1, -0.05) is 12.2 Å². The highest BCUT2D eigenvalue weighted by Gasteiger charge is 2.27. The van der Waals surface area contributed by atoms with Crippen molar-refractivity contribution in [2.45, 2.75) is 25.9 Å².